The van der Waals surface area contributed by atoms with Crippen molar-refractivity contribution < 1.29 is 4.52 Å². The zero-order chi connectivity index (χ0) is 14.1. The van der Waals surface area contributed by atoms with Gasteiger partial charge in [0.2, 0.25) is 5.82 Å². The molecule has 0 amide bonds. The fourth-order valence-electron chi connectivity index (χ4n) is 1.92. The van der Waals surface area contributed by atoms with Crippen molar-refractivity contribution in [2.45, 2.75) is 19.8 Å². The predicted molar refractivity (Wildman–Crippen MR) is 79.3 cm³/mol. The van der Waals surface area contributed by atoms with E-state index in [9.17, 15) is 0 Å². The zero-order valence-corrected chi connectivity index (χ0v) is 12.0. The van der Waals surface area contributed by atoms with Gasteiger partial charge in [-0.25, -0.2) is 4.98 Å². The molecule has 0 saturated heterocycles. The molecule has 2 aromatic heterocycles. The Morgan fingerprint density at radius 3 is 2.60 bits per heavy atom. The van der Waals surface area contributed by atoms with Crippen LogP contribution in [0.1, 0.15) is 24.6 Å². The lowest BCUT2D eigenvalue weighted by atomic mass is 10.1. The summed E-state index contributed by atoms with van der Waals surface area (Å²) in [4.78, 5) is 9.79. The Balaban J connectivity index is 2.03. The molecule has 0 aliphatic rings. The summed E-state index contributed by atoms with van der Waals surface area (Å²) < 4.78 is 5.34. The van der Waals surface area contributed by atoms with Crippen LogP contribution in [0.5, 0.6) is 0 Å². The first-order chi connectivity index (χ1) is 9.65. The standard InChI is InChI=1S/C14H14N4OS/c1-8(2)11-10(16-14(15)20-11)13-17-12(18-19-13)9-6-4-3-5-7-9/h3-8H,1-2H3,(H2,15,16). The number of benzene rings is 1. The lowest BCUT2D eigenvalue weighted by molar-refractivity contribution is 0.430. The summed E-state index contributed by atoms with van der Waals surface area (Å²) in [6.45, 7) is 4.18. The van der Waals surface area contributed by atoms with Crippen LogP contribution in [-0.2, 0) is 0 Å². The van der Waals surface area contributed by atoms with E-state index < -0.39 is 0 Å². The maximum atomic E-state index is 5.79. The predicted octanol–water partition coefficient (Wildman–Crippen LogP) is 3.57. The van der Waals surface area contributed by atoms with Gasteiger partial charge in [-0.3, -0.25) is 0 Å². The molecule has 0 aliphatic heterocycles. The van der Waals surface area contributed by atoms with Crippen molar-refractivity contribution in [1.29, 1.82) is 0 Å². The van der Waals surface area contributed by atoms with Gasteiger partial charge < -0.3 is 10.3 Å². The highest BCUT2D eigenvalue weighted by Gasteiger charge is 2.20. The second-order valence-electron chi connectivity index (χ2n) is 4.71. The number of anilines is 1. The number of nitrogens with zero attached hydrogens (tertiary/aromatic N) is 3. The third-order valence-corrected chi connectivity index (χ3v) is 4.04. The fraction of sp³-hybridized carbons (Fsp3) is 0.214. The van der Waals surface area contributed by atoms with Crippen molar-refractivity contribution in [1.82, 2.24) is 15.1 Å². The highest BCUT2D eigenvalue weighted by Crippen LogP contribution is 2.34. The van der Waals surface area contributed by atoms with Crippen LogP contribution in [0.3, 0.4) is 0 Å². The Morgan fingerprint density at radius 1 is 1.15 bits per heavy atom. The normalized spacial score (nSPS) is 11.2. The van der Waals surface area contributed by atoms with E-state index >= 15 is 0 Å². The molecule has 102 valence electrons. The SMILES string of the molecule is CC(C)c1sc(N)nc1-c1nc(-c2ccccc2)no1. The second kappa shape index (κ2) is 5.05. The molecule has 20 heavy (non-hydrogen) atoms. The number of rotatable bonds is 3. The maximum absolute atomic E-state index is 5.79. The summed E-state index contributed by atoms with van der Waals surface area (Å²) in [5.41, 5.74) is 7.40. The number of hydrogen-bond donors (Lipinski definition) is 1. The smallest absolute Gasteiger partial charge is 0.278 e. The minimum absolute atomic E-state index is 0.312. The lowest BCUT2D eigenvalue weighted by Gasteiger charge is -2.00. The molecule has 3 rings (SSSR count). The molecule has 5 nitrogen and oxygen atoms in total. The Bertz CT molecular complexity index is 718. The molecule has 6 heteroatoms. The van der Waals surface area contributed by atoms with Gasteiger partial charge in [-0.1, -0.05) is 49.3 Å². The molecular weight excluding hydrogens is 272 g/mol. The molecule has 1 aromatic carbocycles. The maximum Gasteiger partial charge on any atom is 0.278 e. The summed E-state index contributed by atoms with van der Waals surface area (Å²) in [7, 11) is 0. The number of nitrogen functional groups attached to an aromatic ring is 1. The molecular formula is C14H14N4OS. The van der Waals surface area contributed by atoms with Gasteiger partial charge in [-0.15, -0.1) is 11.3 Å². The van der Waals surface area contributed by atoms with Crippen LogP contribution in [-0.4, -0.2) is 15.1 Å². The van der Waals surface area contributed by atoms with Crippen LogP contribution in [0.2, 0.25) is 0 Å². The molecule has 0 aliphatic carbocycles. The molecule has 0 fully saturated rings. The highest BCUT2D eigenvalue weighted by molar-refractivity contribution is 7.15. The van der Waals surface area contributed by atoms with E-state index in [1.807, 2.05) is 30.3 Å². The van der Waals surface area contributed by atoms with Crippen LogP contribution in [0.25, 0.3) is 23.0 Å². The van der Waals surface area contributed by atoms with Crippen molar-refractivity contribution in [3.8, 4) is 23.0 Å². The summed E-state index contributed by atoms with van der Waals surface area (Å²) in [6, 6.07) is 9.70. The summed E-state index contributed by atoms with van der Waals surface area (Å²) in [5, 5.41) is 4.53. The van der Waals surface area contributed by atoms with Crippen molar-refractivity contribution in [3.05, 3.63) is 35.2 Å². The van der Waals surface area contributed by atoms with Gasteiger partial charge >= 0.3 is 0 Å². The topological polar surface area (TPSA) is 77.8 Å². The van der Waals surface area contributed by atoms with Crippen molar-refractivity contribution in [3.63, 3.8) is 0 Å². The average molecular weight is 286 g/mol. The van der Waals surface area contributed by atoms with Gasteiger partial charge in [0.05, 0.1) is 0 Å². The minimum Gasteiger partial charge on any atom is -0.375 e. The zero-order valence-electron chi connectivity index (χ0n) is 11.2. The van der Waals surface area contributed by atoms with Crippen LogP contribution >= 0.6 is 11.3 Å². The van der Waals surface area contributed by atoms with Gasteiger partial charge in [0.15, 0.2) is 5.13 Å². The van der Waals surface area contributed by atoms with Gasteiger partial charge in [0.1, 0.15) is 5.69 Å². The molecule has 0 unspecified atom stereocenters. The fourth-order valence-corrected chi connectivity index (χ4v) is 2.75. The van der Waals surface area contributed by atoms with Gasteiger partial charge in [0.25, 0.3) is 5.89 Å². The van der Waals surface area contributed by atoms with Crippen LogP contribution in [0.4, 0.5) is 5.13 Å². The first kappa shape index (κ1) is 12.8. The Labute approximate surface area is 120 Å². The molecule has 3 aromatic rings. The summed E-state index contributed by atoms with van der Waals surface area (Å²) in [6.07, 6.45) is 0. The highest BCUT2D eigenvalue weighted by atomic mass is 32.1. The monoisotopic (exact) mass is 286 g/mol. The van der Waals surface area contributed by atoms with E-state index in [1.54, 1.807) is 0 Å². The van der Waals surface area contributed by atoms with Crippen molar-refractivity contribution >= 4 is 16.5 Å². The number of thiazole rings is 1. The largest absolute Gasteiger partial charge is 0.375 e. The first-order valence-corrected chi connectivity index (χ1v) is 7.12. The molecule has 0 saturated carbocycles. The Kier molecular flexibility index (Phi) is 3.23. The quantitative estimate of drug-likeness (QED) is 0.796. The van der Waals surface area contributed by atoms with Crippen LogP contribution < -0.4 is 5.73 Å². The van der Waals surface area contributed by atoms with E-state index in [2.05, 4.69) is 29.0 Å². The molecule has 0 spiro atoms. The van der Waals surface area contributed by atoms with E-state index in [-0.39, 0.29) is 0 Å². The van der Waals surface area contributed by atoms with Gasteiger partial charge in [0, 0.05) is 10.4 Å². The molecule has 2 N–H and O–H groups in total. The number of aromatic nitrogens is 3. The molecule has 0 atom stereocenters. The average Bonchev–Trinajstić information content (AvgIpc) is 3.06. The third-order valence-electron chi connectivity index (χ3n) is 2.85. The van der Waals surface area contributed by atoms with Crippen LogP contribution in [0, 0.1) is 0 Å². The first-order valence-electron chi connectivity index (χ1n) is 6.31. The Morgan fingerprint density at radius 2 is 1.90 bits per heavy atom. The van der Waals surface area contributed by atoms with E-state index in [0.29, 0.717) is 28.5 Å². The molecule has 0 bridgehead atoms. The van der Waals surface area contributed by atoms with E-state index in [4.69, 9.17) is 10.3 Å². The molecule has 0 radical (unpaired) electrons. The van der Waals surface area contributed by atoms with Crippen molar-refractivity contribution in [2.24, 2.45) is 0 Å². The van der Waals surface area contributed by atoms with Crippen molar-refractivity contribution in [2.75, 3.05) is 5.73 Å². The molecule has 2 heterocycles. The second-order valence-corrected chi connectivity index (χ2v) is 5.77. The van der Waals surface area contributed by atoms with E-state index in [1.165, 1.54) is 11.3 Å². The third kappa shape index (κ3) is 2.30. The van der Waals surface area contributed by atoms with Crippen LogP contribution in [0.15, 0.2) is 34.9 Å². The van der Waals surface area contributed by atoms with E-state index in [0.717, 1.165) is 10.4 Å². The summed E-state index contributed by atoms with van der Waals surface area (Å²) in [5.74, 6) is 1.29. The summed E-state index contributed by atoms with van der Waals surface area (Å²) >= 11 is 1.46. The Hall–Kier alpha value is -2.21. The number of hydrogen-bond acceptors (Lipinski definition) is 6. The lowest BCUT2D eigenvalue weighted by Crippen LogP contribution is -1.89. The number of nitrogens with two attached hydrogens (primary N) is 1. The van der Waals surface area contributed by atoms with Gasteiger partial charge in [-0.2, -0.15) is 4.98 Å². The van der Waals surface area contributed by atoms with Gasteiger partial charge in [-0.05, 0) is 5.92 Å². The minimum atomic E-state index is 0.312.